The summed E-state index contributed by atoms with van der Waals surface area (Å²) in [5.41, 5.74) is 2.31. The van der Waals surface area contributed by atoms with Crippen LogP contribution in [0.4, 0.5) is 16.2 Å². The Morgan fingerprint density at radius 1 is 1.18 bits per heavy atom. The van der Waals surface area contributed by atoms with Crippen molar-refractivity contribution in [3.05, 3.63) is 23.8 Å². The summed E-state index contributed by atoms with van der Waals surface area (Å²) >= 11 is 0. The van der Waals surface area contributed by atoms with Crippen LogP contribution in [0.15, 0.2) is 18.2 Å². The smallest absolute Gasteiger partial charge is 0.322 e. The highest BCUT2D eigenvalue weighted by Gasteiger charge is 2.25. The highest BCUT2D eigenvalue weighted by atomic mass is 16.5. The predicted octanol–water partition coefficient (Wildman–Crippen LogP) is 2.59. The van der Waals surface area contributed by atoms with Crippen LogP contribution < -0.4 is 10.6 Å². The first-order valence-electron chi connectivity index (χ1n) is 7.44. The van der Waals surface area contributed by atoms with Crippen LogP contribution >= 0.6 is 0 Å². The van der Waals surface area contributed by atoms with E-state index < -0.39 is 0 Å². The zero-order valence-electron chi connectivity index (χ0n) is 13.5. The van der Waals surface area contributed by atoms with E-state index in [1.807, 2.05) is 32.9 Å². The van der Waals surface area contributed by atoms with Crippen molar-refractivity contribution in [1.29, 1.82) is 0 Å². The lowest BCUT2D eigenvalue weighted by Gasteiger charge is -2.35. The molecule has 1 saturated heterocycles. The third-order valence-electron chi connectivity index (χ3n) is 3.51. The number of anilines is 2. The molecular formula is C16H23N3O3. The van der Waals surface area contributed by atoms with Crippen LogP contribution in [0.3, 0.4) is 0 Å². The fraction of sp³-hybridized carbons (Fsp3) is 0.500. The van der Waals surface area contributed by atoms with Gasteiger partial charge in [0.25, 0.3) is 0 Å². The van der Waals surface area contributed by atoms with Crippen molar-refractivity contribution >= 4 is 23.3 Å². The highest BCUT2D eigenvalue weighted by Crippen LogP contribution is 2.21. The molecule has 0 saturated carbocycles. The summed E-state index contributed by atoms with van der Waals surface area (Å²) in [6, 6.07) is 5.30. The van der Waals surface area contributed by atoms with E-state index in [2.05, 4.69) is 10.6 Å². The van der Waals surface area contributed by atoms with Crippen molar-refractivity contribution in [2.24, 2.45) is 0 Å². The Balaban J connectivity index is 2.06. The van der Waals surface area contributed by atoms with Gasteiger partial charge in [-0.05, 0) is 38.5 Å². The average molecular weight is 305 g/mol. The van der Waals surface area contributed by atoms with Crippen LogP contribution in [0, 0.1) is 6.92 Å². The first-order valence-corrected chi connectivity index (χ1v) is 7.44. The number of benzene rings is 1. The molecule has 1 fully saturated rings. The van der Waals surface area contributed by atoms with E-state index in [-0.39, 0.29) is 24.1 Å². The molecule has 2 rings (SSSR count). The molecule has 6 nitrogen and oxygen atoms in total. The molecule has 1 aromatic carbocycles. The molecular weight excluding hydrogens is 282 g/mol. The first kappa shape index (κ1) is 16.3. The number of hydrogen-bond acceptors (Lipinski definition) is 3. The Morgan fingerprint density at radius 2 is 1.82 bits per heavy atom. The summed E-state index contributed by atoms with van der Waals surface area (Å²) < 4.78 is 5.63. The lowest BCUT2D eigenvalue weighted by atomic mass is 10.1. The van der Waals surface area contributed by atoms with Crippen LogP contribution in [0.5, 0.6) is 0 Å². The van der Waals surface area contributed by atoms with Gasteiger partial charge in [0.05, 0.1) is 12.2 Å². The van der Waals surface area contributed by atoms with Crippen molar-refractivity contribution in [2.45, 2.75) is 39.9 Å². The molecule has 0 bridgehead atoms. The van der Waals surface area contributed by atoms with Gasteiger partial charge in [-0.25, -0.2) is 4.79 Å². The lowest BCUT2D eigenvalue weighted by Crippen LogP contribution is -2.49. The molecule has 3 amide bonds. The molecule has 1 aromatic rings. The van der Waals surface area contributed by atoms with Gasteiger partial charge < -0.3 is 20.3 Å². The second-order valence-corrected chi connectivity index (χ2v) is 5.80. The van der Waals surface area contributed by atoms with Gasteiger partial charge in [0.2, 0.25) is 5.91 Å². The van der Waals surface area contributed by atoms with E-state index in [1.54, 1.807) is 11.0 Å². The molecule has 22 heavy (non-hydrogen) atoms. The molecule has 0 aromatic heterocycles. The Bertz CT molecular complexity index is 564. The molecule has 6 heteroatoms. The molecule has 0 unspecified atom stereocenters. The Hall–Kier alpha value is -2.08. The number of hydrogen-bond donors (Lipinski definition) is 2. The van der Waals surface area contributed by atoms with Crippen molar-refractivity contribution in [3.63, 3.8) is 0 Å². The van der Waals surface area contributed by atoms with Crippen molar-refractivity contribution < 1.29 is 14.3 Å². The fourth-order valence-corrected chi connectivity index (χ4v) is 2.57. The highest BCUT2D eigenvalue weighted by molar-refractivity contribution is 5.93. The number of urea groups is 1. The molecule has 0 aliphatic carbocycles. The fourth-order valence-electron chi connectivity index (χ4n) is 2.57. The Kier molecular flexibility index (Phi) is 5.03. The summed E-state index contributed by atoms with van der Waals surface area (Å²) in [7, 11) is 0. The van der Waals surface area contributed by atoms with Crippen molar-refractivity contribution in [2.75, 3.05) is 23.7 Å². The summed E-state index contributed by atoms with van der Waals surface area (Å²) in [5.74, 6) is -0.137. The number of rotatable bonds is 2. The summed E-state index contributed by atoms with van der Waals surface area (Å²) in [6.07, 6.45) is 0.0601. The van der Waals surface area contributed by atoms with Crippen LogP contribution in [0.1, 0.15) is 26.3 Å². The number of nitrogens with one attached hydrogen (secondary N) is 2. The lowest BCUT2D eigenvalue weighted by molar-refractivity contribution is -0.114. The van der Waals surface area contributed by atoms with E-state index in [9.17, 15) is 9.59 Å². The Labute approximate surface area is 130 Å². The second kappa shape index (κ2) is 6.79. The molecule has 2 atom stereocenters. The monoisotopic (exact) mass is 305 g/mol. The number of morpholine rings is 1. The van der Waals surface area contributed by atoms with Crippen LogP contribution in [0.2, 0.25) is 0 Å². The topological polar surface area (TPSA) is 70.7 Å². The van der Waals surface area contributed by atoms with E-state index in [1.165, 1.54) is 6.92 Å². The Morgan fingerprint density at radius 3 is 2.41 bits per heavy atom. The second-order valence-electron chi connectivity index (χ2n) is 5.80. The van der Waals surface area contributed by atoms with Crippen LogP contribution in [-0.4, -0.2) is 42.1 Å². The predicted molar refractivity (Wildman–Crippen MR) is 86.1 cm³/mol. The van der Waals surface area contributed by atoms with E-state index in [0.29, 0.717) is 24.5 Å². The molecule has 0 spiro atoms. The zero-order chi connectivity index (χ0) is 16.3. The quantitative estimate of drug-likeness (QED) is 0.882. The summed E-state index contributed by atoms with van der Waals surface area (Å²) in [6.45, 7) is 8.41. The number of nitrogens with zero attached hydrogens (tertiary/aromatic N) is 1. The van der Waals surface area contributed by atoms with Gasteiger partial charge in [0.15, 0.2) is 0 Å². The van der Waals surface area contributed by atoms with Crippen LogP contribution in [-0.2, 0) is 9.53 Å². The molecule has 1 aliphatic rings. The normalized spacial score (nSPS) is 21.4. The maximum Gasteiger partial charge on any atom is 0.322 e. The maximum atomic E-state index is 12.3. The molecule has 1 heterocycles. The minimum Gasteiger partial charge on any atom is -0.372 e. The molecule has 2 N–H and O–H groups in total. The van der Waals surface area contributed by atoms with Crippen molar-refractivity contribution in [3.8, 4) is 0 Å². The van der Waals surface area contributed by atoms with E-state index in [4.69, 9.17) is 4.74 Å². The van der Waals surface area contributed by atoms with Crippen LogP contribution in [0.25, 0.3) is 0 Å². The van der Waals surface area contributed by atoms with Gasteiger partial charge in [0, 0.05) is 31.4 Å². The van der Waals surface area contributed by atoms with Gasteiger partial charge in [-0.1, -0.05) is 6.07 Å². The van der Waals surface area contributed by atoms with Gasteiger partial charge in [-0.2, -0.15) is 0 Å². The number of amides is 3. The minimum atomic E-state index is -0.153. The van der Waals surface area contributed by atoms with Gasteiger partial charge in [-0.15, -0.1) is 0 Å². The summed E-state index contributed by atoms with van der Waals surface area (Å²) in [4.78, 5) is 25.3. The van der Waals surface area contributed by atoms with Gasteiger partial charge in [-0.3, -0.25) is 4.79 Å². The average Bonchev–Trinajstić information content (AvgIpc) is 2.41. The first-order chi connectivity index (χ1) is 10.3. The van der Waals surface area contributed by atoms with Crippen molar-refractivity contribution in [1.82, 2.24) is 4.90 Å². The van der Waals surface area contributed by atoms with Gasteiger partial charge >= 0.3 is 6.03 Å². The standard InChI is InChI=1S/C16H23N3O3/c1-10-5-6-14(7-15(10)17-13(4)20)18-16(21)19-8-11(2)22-12(3)9-19/h5-7,11-12H,8-9H2,1-4H3,(H,17,20)(H,18,21)/t11-,12-/m1/s1. The third kappa shape index (κ3) is 4.21. The number of carbonyl (C=O) groups excluding carboxylic acids is 2. The molecule has 0 radical (unpaired) electrons. The SMILES string of the molecule is CC(=O)Nc1cc(NC(=O)N2C[C@@H](C)O[C@H](C)C2)ccc1C. The number of aryl methyl sites for hydroxylation is 1. The molecule has 1 aliphatic heterocycles. The minimum absolute atomic E-state index is 0.0301. The third-order valence-corrected chi connectivity index (χ3v) is 3.51. The molecule has 120 valence electrons. The van der Waals surface area contributed by atoms with Gasteiger partial charge in [0.1, 0.15) is 0 Å². The largest absolute Gasteiger partial charge is 0.372 e. The maximum absolute atomic E-state index is 12.3. The zero-order valence-corrected chi connectivity index (χ0v) is 13.5. The van der Waals surface area contributed by atoms with E-state index in [0.717, 1.165) is 5.56 Å². The number of carbonyl (C=O) groups is 2. The van der Waals surface area contributed by atoms with E-state index >= 15 is 0 Å². The number of ether oxygens (including phenoxy) is 1. The summed E-state index contributed by atoms with van der Waals surface area (Å²) in [5, 5.41) is 5.63.